The number of nitrogens with one attached hydrogen (secondary N) is 1. The van der Waals surface area contributed by atoms with Crippen LogP contribution in [-0.2, 0) is 11.3 Å². The van der Waals surface area contributed by atoms with Crippen molar-refractivity contribution in [3.05, 3.63) is 51.9 Å². The summed E-state index contributed by atoms with van der Waals surface area (Å²) in [6.45, 7) is 6.12. The maximum absolute atomic E-state index is 13.0. The van der Waals surface area contributed by atoms with E-state index >= 15 is 0 Å². The molecule has 170 valence electrons. The van der Waals surface area contributed by atoms with Crippen LogP contribution >= 0.6 is 11.6 Å². The molecule has 0 saturated carbocycles. The van der Waals surface area contributed by atoms with E-state index in [1.807, 2.05) is 30.5 Å². The van der Waals surface area contributed by atoms with Gasteiger partial charge in [-0.15, -0.1) is 0 Å². The standard InChI is InChI=1S/C24H30ClN5O2/c1-3-4-5-12-29-22(28-13-10-20(11-14-28)26-17(2)31)15-23(32)30-16-21(27-24(29)30)18-6-8-19(25)9-7-18/h6-9,15-16,20H,3-5,10-14H2,1-2H3,(H,26,31). The Morgan fingerprint density at radius 2 is 1.91 bits per heavy atom. The highest BCUT2D eigenvalue weighted by Crippen LogP contribution is 2.25. The Labute approximate surface area is 193 Å². The lowest BCUT2D eigenvalue weighted by Gasteiger charge is -2.35. The van der Waals surface area contributed by atoms with Gasteiger partial charge < -0.3 is 10.2 Å². The van der Waals surface area contributed by atoms with Crippen LogP contribution in [0.4, 0.5) is 5.82 Å². The minimum atomic E-state index is -0.0848. The van der Waals surface area contributed by atoms with Gasteiger partial charge in [-0.2, -0.15) is 0 Å². The lowest BCUT2D eigenvalue weighted by atomic mass is 10.1. The van der Waals surface area contributed by atoms with Crippen LogP contribution < -0.4 is 15.8 Å². The number of carbonyl (C=O) groups excluding carboxylic acids is 1. The SMILES string of the molecule is CCCCCn1c(N2CCC(NC(C)=O)CC2)cc(=O)n2cc(-c3ccc(Cl)cc3)nc12. The van der Waals surface area contributed by atoms with Gasteiger partial charge in [0.2, 0.25) is 11.7 Å². The van der Waals surface area contributed by atoms with E-state index in [0.717, 1.165) is 68.8 Å². The molecule has 7 nitrogen and oxygen atoms in total. The third-order valence-electron chi connectivity index (χ3n) is 6.05. The van der Waals surface area contributed by atoms with E-state index in [9.17, 15) is 9.59 Å². The number of carbonyl (C=O) groups is 1. The fourth-order valence-corrected chi connectivity index (χ4v) is 4.51. The fourth-order valence-electron chi connectivity index (χ4n) is 4.38. The Bertz CT molecular complexity index is 1140. The monoisotopic (exact) mass is 455 g/mol. The van der Waals surface area contributed by atoms with E-state index in [1.165, 1.54) is 0 Å². The molecule has 0 radical (unpaired) electrons. The number of rotatable bonds is 7. The Morgan fingerprint density at radius 3 is 2.56 bits per heavy atom. The Kier molecular flexibility index (Phi) is 6.84. The summed E-state index contributed by atoms with van der Waals surface area (Å²) >= 11 is 6.04. The van der Waals surface area contributed by atoms with Crippen LogP contribution in [0, 0.1) is 0 Å². The summed E-state index contributed by atoms with van der Waals surface area (Å²) in [5.41, 5.74) is 1.60. The van der Waals surface area contributed by atoms with Crippen LogP contribution in [0.2, 0.25) is 5.02 Å². The Balaban J connectivity index is 1.71. The highest BCUT2D eigenvalue weighted by molar-refractivity contribution is 6.30. The highest BCUT2D eigenvalue weighted by atomic mass is 35.5. The van der Waals surface area contributed by atoms with Gasteiger partial charge in [-0.25, -0.2) is 4.98 Å². The van der Waals surface area contributed by atoms with Crippen molar-refractivity contribution in [3.8, 4) is 11.3 Å². The number of anilines is 1. The number of unbranched alkanes of at least 4 members (excludes halogenated alkanes) is 2. The van der Waals surface area contributed by atoms with Crippen LogP contribution in [0.15, 0.2) is 41.3 Å². The molecule has 0 spiro atoms. The van der Waals surface area contributed by atoms with Gasteiger partial charge in [0.1, 0.15) is 5.82 Å². The molecular weight excluding hydrogens is 426 g/mol. The normalized spacial score (nSPS) is 14.8. The largest absolute Gasteiger partial charge is 0.358 e. The number of benzene rings is 1. The molecule has 1 aliphatic heterocycles. The minimum Gasteiger partial charge on any atom is -0.358 e. The summed E-state index contributed by atoms with van der Waals surface area (Å²) < 4.78 is 3.82. The van der Waals surface area contributed by atoms with E-state index in [4.69, 9.17) is 16.6 Å². The number of imidazole rings is 1. The summed E-state index contributed by atoms with van der Waals surface area (Å²) in [5, 5.41) is 3.68. The van der Waals surface area contributed by atoms with Gasteiger partial charge in [-0.3, -0.25) is 18.6 Å². The summed E-state index contributed by atoms with van der Waals surface area (Å²) in [5.74, 6) is 1.58. The number of nitrogens with zero attached hydrogens (tertiary/aromatic N) is 4. The summed E-state index contributed by atoms with van der Waals surface area (Å²) in [4.78, 5) is 31.6. The molecule has 1 N–H and O–H groups in total. The van der Waals surface area contributed by atoms with Crippen LogP contribution in [0.1, 0.15) is 46.0 Å². The highest BCUT2D eigenvalue weighted by Gasteiger charge is 2.23. The zero-order chi connectivity index (χ0) is 22.7. The smallest absolute Gasteiger partial charge is 0.261 e. The second-order valence-electron chi connectivity index (χ2n) is 8.46. The van der Waals surface area contributed by atoms with Crippen LogP contribution in [0.3, 0.4) is 0 Å². The van der Waals surface area contributed by atoms with Gasteiger partial charge >= 0.3 is 0 Å². The quantitative estimate of drug-likeness (QED) is 0.544. The van der Waals surface area contributed by atoms with Crippen LogP contribution in [0.5, 0.6) is 0 Å². The molecule has 0 unspecified atom stereocenters. The van der Waals surface area contributed by atoms with E-state index in [2.05, 4.69) is 21.7 Å². The Morgan fingerprint density at radius 1 is 1.19 bits per heavy atom. The lowest BCUT2D eigenvalue weighted by molar-refractivity contribution is -0.119. The first-order valence-corrected chi connectivity index (χ1v) is 11.7. The van der Waals surface area contributed by atoms with E-state index in [1.54, 1.807) is 17.4 Å². The first kappa shape index (κ1) is 22.4. The second-order valence-corrected chi connectivity index (χ2v) is 8.90. The molecular formula is C24H30ClN5O2. The molecule has 3 heterocycles. The molecule has 1 fully saturated rings. The first-order valence-electron chi connectivity index (χ1n) is 11.4. The lowest BCUT2D eigenvalue weighted by Crippen LogP contribution is -2.45. The number of fused-ring (bicyclic) bond motifs is 1. The molecule has 0 bridgehead atoms. The molecule has 32 heavy (non-hydrogen) atoms. The van der Waals surface area contributed by atoms with Gasteiger partial charge in [-0.05, 0) is 31.4 Å². The average molecular weight is 456 g/mol. The minimum absolute atomic E-state index is 0.00783. The molecule has 1 amide bonds. The molecule has 1 saturated heterocycles. The summed E-state index contributed by atoms with van der Waals surface area (Å²) in [6, 6.07) is 9.42. The molecule has 4 rings (SSSR count). The third-order valence-corrected chi connectivity index (χ3v) is 6.30. The zero-order valence-corrected chi connectivity index (χ0v) is 19.4. The molecule has 3 aromatic rings. The molecule has 0 aliphatic carbocycles. The molecule has 1 aliphatic rings. The summed E-state index contributed by atoms with van der Waals surface area (Å²) in [6.07, 6.45) is 6.79. The fraction of sp³-hybridized carbons (Fsp3) is 0.458. The number of hydrogen-bond acceptors (Lipinski definition) is 4. The number of halogens is 1. The van der Waals surface area contributed by atoms with Crippen molar-refractivity contribution in [3.63, 3.8) is 0 Å². The Hall–Kier alpha value is -2.80. The maximum atomic E-state index is 13.0. The predicted octanol–water partition coefficient (Wildman–Crippen LogP) is 4.11. The number of hydrogen-bond donors (Lipinski definition) is 1. The van der Waals surface area contributed by atoms with Crippen molar-refractivity contribution >= 4 is 29.1 Å². The van der Waals surface area contributed by atoms with Crippen LogP contribution in [0.25, 0.3) is 17.0 Å². The van der Waals surface area contributed by atoms with Gasteiger partial charge in [0.15, 0.2) is 0 Å². The molecule has 2 aromatic heterocycles. The second kappa shape index (κ2) is 9.77. The molecule has 8 heteroatoms. The predicted molar refractivity (Wildman–Crippen MR) is 128 cm³/mol. The van der Waals surface area contributed by atoms with E-state index < -0.39 is 0 Å². The third kappa shape index (κ3) is 4.83. The van der Waals surface area contributed by atoms with Crippen molar-refractivity contribution in [2.24, 2.45) is 0 Å². The van der Waals surface area contributed by atoms with Crippen molar-refractivity contribution in [2.75, 3.05) is 18.0 Å². The topological polar surface area (TPSA) is 71.6 Å². The zero-order valence-electron chi connectivity index (χ0n) is 18.7. The van der Waals surface area contributed by atoms with Crippen molar-refractivity contribution in [2.45, 2.75) is 58.5 Å². The van der Waals surface area contributed by atoms with Crippen LogP contribution in [-0.4, -0.2) is 39.0 Å². The van der Waals surface area contributed by atoms with E-state index in [0.29, 0.717) is 10.8 Å². The molecule has 1 aromatic carbocycles. The van der Waals surface area contributed by atoms with Gasteiger partial charge in [0, 0.05) is 55.4 Å². The number of aryl methyl sites for hydroxylation is 1. The molecule has 0 atom stereocenters. The van der Waals surface area contributed by atoms with Gasteiger partial charge in [-0.1, -0.05) is 43.5 Å². The van der Waals surface area contributed by atoms with Gasteiger partial charge in [0.05, 0.1) is 5.69 Å². The summed E-state index contributed by atoms with van der Waals surface area (Å²) in [7, 11) is 0. The first-order chi connectivity index (χ1) is 15.5. The van der Waals surface area contributed by atoms with Crippen molar-refractivity contribution < 1.29 is 4.79 Å². The average Bonchev–Trinajstić information content (AvgIpc) is 3.22. The number of aromatic nitrogens is 3. The van der Waals surface area contributed by atoms with E-state index in [-0.39, 0.29) is 17.5 Å². The maximum Gasteiger partial charge on any atom is 0.261 e. The van der Waals surface area contributed by atoms with Gasteiger partial charge in [0.25, 0.3) is 5.56 Å². The number of amides is 1. The number of piperidine rings is 1. The van der Waals surface area contributed by atoms with Crippen molar-refractivity contribution in [1.29, 1.82) is 0 Å². The van der Waals surface area contributed by atoms with Crippen molar-refractivity contribution in [1.82, 2.24) is 19.3 Å².